The number of hydrogen-bond donors (Lipinski definition) is 0. The van der Waals surface area contributed by atoms with Crippen LogP contribution in [0.2, 0.25) is 0 Å². The van der Waals surface area contributed by atoms with E-state index in [0.29, 0.717) is 11.7 Å². The summed E-state index contributed by atoms with van der Waals surface area (Å²) < 4.78 is 6.17. The van der Waals surface area contributed by atoms with E-state index < -0.39 is 0 Å². The van der Waals surface area contributed by atoms with Gasteiger partial charge in [-0.15, -0.1) is 0 Å². The second-order valence-corrected chi connectivity index (χ2v) is 4.45. The van der Waals surface area contributed by atoms with Crippen molar-refractivity contribution in [1.82, 2.24) is 0 Å². The molecule has 0 unspecified atom stereocenters. The van der Waals surface area contributed by atoms with Gasteiger partial charge < -0.3 is 9.64 Å². The zero-order valence-electron chi connectivity index (χ0n) is 8.44. The zero-order chi connectivity index (χ0) is 10.8. The van der Waals surface area contributed by atoms with Gasteiger partial charge in [0.1, 0.15) is 6.29 Å². The second-order valence-electron chi connectivity index (χ2n) is 3.59. The summed E-state index contributed by atoms with van der Waals surface area (Å²) in [5, 5.41) is 0. The summed E-state index contributed by atoms with van der Waals surface area (Å²) in [6, 6.07) is 5.62. The number of carbonyl (C=O) groups excluding carboxylic acids is 1. The third-order valence-corrected chi connectivity index (χ3v) is 3.27. The number of ether oxygens (including phenoxy) is 1. The Labute approximate surface area is 97.2 Å². The molecule has 0 amide bonds. The van der Waals surface area contributed by atoms with Gasteiger partial charge in [-0.2, -0.15) is 0 Å². The van der Waals surface area contributed by atoms with E-state index in [1.807, 2.05) is 18.2 Å². The van der Waals surface area contributed by atoms with E-state index in [4.69, 9.17) is 4.74 Å². The average molecular weight is 270 g/mol. The Kier molecular flexibility index (Phi) is 3.07. The first-order valence-electron chi connectivity index (χ1n) is 4.77. The van der Waals surface area contributed by atoms with Crippen LogP contribution in [0.3, 0.4) is 0 Å². The van der Waals surface area contributed by atoms with Crippen LogP contribution in [0.1, 0.15) is 10.4 Å². The summed E-state index contributed by atoms with van der Waals surface area (Å²) in [4.78, 5) is 12.8. The van der Waals surface area contributed by atoms with Crippen molar-refractivity contribution in [1.29, 1.82) is 0 Å². The van der Waals surface area contributed by atoms with Gasteiger partial charge in [-0.3, -0.25) is 4.79 Å². The first kappa shape index (κ1) is 10.6. The molecule has 1 aromatic carbocycles. The third-order valence-electron chi connectivity index (χ3n) is 2.63. The van der Waals surface area contributed by atoms with Crippen molar-refractivity contribution in [3.8, 4) is 0 Å². The molecule has 1 heterocycles. The van der Waals surface area contributed by atoms with Crippen LogP contribution in [0, 0.1) is 0 Å². The van der Waals surface area contributed by atoms with Crippen molar-refractivity contribution < 1.29 is 9.53 Å². The molecule has 0 bridgehead atoms. The molecule has 0 aromatic heterocycles. The molecular formula is C11H12BrNO2. The predicted molar refractivity (Wildman–Crippen MR) is 62.5 cm³/mol. The van der Waals surface area contributed by atoms with Crippen LogP contribution in [0.4, 0.5) is 5.69 Å². The lowest BCUT2D eigenvalue weighted by molar-refractivity contribution is 0.0787. The standard InChI is InChI=1S/C11H12BrNO2/c1-15-9-5-13(6-9)11-3-2-8(7-14)4-10(11)12/h2-4,7,9H,5-6H2,1H3. The van der Waals surface area contributed by atoms with Gasteiger partial charge in [-0.25, -0.2) is 0 Å². The molecule has 1 aromatic rings. The Morgan fingerprint density at radius 2 is 2.27 bits per heavy atom. The zero-order valence-corrected chi connectivity index (χ0v) is 10.0. The fourth-order valence-corrected chi connectivity index (χ4v) is 2.28. The molecule has 0 aliphatic carbocycles. The Morgan fingerprint density at radius 3 is 2.80 bits per heavy atom. The molecule has 0 radical (unpaired) electrons. The number of aldehydes is 1. The van der Waals surface area contributed by atoms with Crippen molar-refractivity contribution in [2.24, 2.45) is 0 Å². The van der Waals surface area contributed by atoms with Crippen molar-refractivity contribution >= 4 is 27.9 Å². The maximum atomic E-state index is 10.6. The van der Waals surface area contributed by atoms with Crippen LogP contribution in [0.15, 0.2) is 22.7 Å². The molecule has 1 aliphatic rings. The summed E-state index contributed by atoms with van der Waals surface area (Å²) in [6.07, 6.45) is 1.19. The molecule has 0 saturated carbocycles. The number of nitrogens with zero attached hydrogens (tertiary/aromatic N) is 1. The smallest absolute Gasteiger partial charge is 0.150 e. The average Bonchev–Trinajstić information content (AvgIpc) is 2.18. The van der Waals surface area contributed by atoms with Crippen molar-refractivity contribution in [2.45, 2.75) is 6.10 Å². The fraction of sp³-hybridized carbons (Fsp3) is 0.364. The lowest BCUT2D eigenvalue weighted by atomic mass is 10.1. The first-order valence-corrected chi connectivity index (χ1v) is 5.56. The Balaban J connectivity index is 2.13. The summed E-state index contributed by atoms with van der Waals surface area (Å²) in [5.74, 6) is 0. The quantitative estimate of drug-likeness (QED) is 0.788. The number of carbonyl (C=O) groups is 1. The Hall–Kier alpha value is -0.870. The monoisotopic (exact) mass is 269 g/mol. The molecule has 1 fully saturated rings. The van der Waals surface area contributed by atoms with E-state index in [1.54, 1.807) is 7.11 Å². The van der Waals surface area contributed by atoms with Gasteiger partial charge in [0.05, 0.1) is 11.8 Å². The first-order chi connectivity index (χ1) is 7.24. The molecule has 3 nitrogen and oxygen atoms in total. The summed E-state index contributed by atoms with van der Waals surface area (Å²) in [6.45, 7) is 1.82. The van der Waals surface area contributed by atoms with Gasteiger partial charge in [0.15, 0.2) is 0 Å². The topological polar surface area (TPSA) is 29.5 Å². The largest absolute Gasteiger partial charge is 0.378 e. The molecule has 0 spiro atoms. The second kappa shape index (κ2) is 4.33. The molecule has 15 heavy (non-hydrogen) atoms. The molecule has 1 saturated heterocycles. The van der Waals surface area contributed by atoms with Gasteiger partial charge in [0.2, 0.25) is 0 Å². The number of anilines is 1. The van der Waals surface area contributed by atoms with Gasteiger partial charge in [0, 0.05) is 30.2 Å². The summed E-state index contributed by atoms with van der Waals surface area (Å²) in [5.41, 5.74) is 1.81. The molecule has 4 heteroatoms. The van der Waals surface area contributed by atoms with Gasteiger partial charge in [-0.05, 0) is 34.1 Å². The minimum Gasteiger partial charge on any atom is -0.378 e. The highest BCUT2D eigenvalue weighted by Gasteiger charge is 2.27. The summed E-state index contributed by atoms with van der Waals surface area (Å²) >= 11 is 3.46. The van der Waals surface area contributed by atoms with E-state index in [-0.39, 0.29) is 0 Å². The third kappa shape index (κ3) is 2.06. The lowest BCUT2D eigenvalue weighted by Crippen LogP contribution is -2.52. The van der Waals surface area contributed by atoms with Crippen LogP contribution in [-0.4, -0.2) is 32.6 Å². The highest BCUT2D eigenvalue weighted by Crippen LogP contribution is 2.30. The highest BCUT2D eigenvalue weighted by molar-refractivity contribution is 9.10. The van der Waals surface area contributed by atoms with E-state index in [9.17, 15) is 4.79 Å². The molecule has 1 aliphatic heterocycles. The van der Waals surface area contributed by atoms with Gasteiger partial charge in [-0.1, -0.05) is 0 Å². The van der Waals surface area contributed by atoms with E-state index in [2.05, 4.69) is 20.8 Å². The van der Waals surface area contributed by atoms with Crippen molar-refractivity contribution in [3.63, 3.8) is 0 Å². The van der Waals surface area contributed by atoms with Crippen LogP contribution in [0.5, 0.6) is 0 Å². The maximum absolute atomic E-state index is 10.6. The molecule has 80 valence electrons. The van der Waals surface area contributed by atoms with Crippen LogP contribution in [-0.2, 0) is 4.74 Å². The number of hydrogen-bond acceptors (Lipinski definition) is 3. The van der Waals surface area contributed by atoms with Crippen LogP contribution < -0.4 is 4.90 Å². The lowest BCUT2D eigenvalue weighted by Gasteiger charge is -2.40. The van der Waals surface area contributed by atoms with E-state index >= 15 is 0 Å². The molecule has 0 atom stereocenters. The van der Waals surface area contributed by atoms with Gasteiger partial charge in [0.25, 0.3) is 0 Å². The normalized spacial score (nSPS) is 16.3. The fourth-order valence-electron chi connectivity index (χ4n) is 1.64. The number of benzene rings is 1. The van der Waals surface area contributed by atoms with Crippen molar-refractivity contribution in [3.05, 3.63) is 28.2 Å². The van der Waals surface area contributed by atoms with Crippen LogP contribution in [0.25, 0.3) is 0 Å². The Morgan fingerprint density at radius 1 is 1.53 bits per heavy atom. The van der Waals surface area contributed by atoms with Crippen molar-refractivity contribution in [2.75, 3.05) is 25.1 Å². The Bertz CT molecular complexity index is 375. The van der Waals surface area contributed by atoms with Gasteiger partial charge >= 0.3 is 0 Å². The number of rotatable bonds is 3. The number of halogens is 1. The number of methoxy groups -OCH3 is 1. The predicted octanol–water partition coefficient (Wildman–Crippen LogP) is 2.10. The minimum absolute atomic E-state index is 0.336. The van der Waals surface area contributed by atoms with E-state index in [1.165, 1.54) is 0 Å². The molecule has 0 N–H and O–H groups in total. The summed E-state index contributed by atoms with van der Waals surface area (Å²) in [7, 11) is 1.73. The highest BCUT2D eigenvalue weighted by atomic mass is 79.9. The minimum atomic E-state index is 0.336. The van der Waals surface area contributed by atoms with E-state index in [0.717, 1.165) is 29.5 Å². The molecular weight excluding hydrogens is 258 g/mol. The molecule has 2 rings (SSSR count). The SMILES string of the molecule is COC1CN(c2ccc(C=O)cc2Br)C1. The van der Waals surface area contributed by atoms with Crippen LogP contribution >= 0.6 is 15.9 Å². The maximum Gasteiger partial charge on any atom is 0.150 e.